The van der Waals surface area contributed by atoms with Crippen molar-refractivity contribution in [2.45, 2.75) is 24.8 Å². The molecule has 0 saturated heterocycles. The van der Waals surface area contributed by atoms with Crippen molar-refractivity contribution in [3.05, 3.63) is 34.3 Å². The number of oxazole rings is 1. The first-order valence-corrected chi connectivity index (χ1v) is 5.05. The van der Waals surface area contributed by atoms with E-state index >= 15 is 0 Å². The minimum Gasteiger partial charge on any atom is -0.408 e. The van der Waals surface area contributed by atoms with Gasteiger partial charge in [0.2, 0.25) is 0 Å². The second-order valence-corrected chi connectivity index (χ2v) is 4.38. The monoisotopic (exact) mass is 204 g/mol. The lowest BCUT2D eigenvalue weighted by atomic mass is 10.0. The van der Waals surface area contributed by atoms with Gasteiger partial charge < -0.3 is 10.2 Å². The lowest BCUT2D eigenvalue weighted by molar-refractivity contribution is 0.555. The fourth-order valence-electron chi connectivity index (χ4n) is 1.85. The van der Waals surface area contributed by atoms with Crippen LogP contribution in [-0.2, 0) is 6.42 Å². The van der Waals surface area contributed by atoms with Crippen molar-refractivity contribution in [2.24, 2.45) is 5.73 Å². The van der Waals surface area contributed by atoms with Gasteiger partial charge in [-0.2, -0.15) is 0 Å². The molecule has 4 nitrogen and oxygen atoms in total. The average molecular weight is 204 g/mol. The number of rotatable bonds is 2. The molecule has 1 fully saturated rings. The molecular formula is C11H12N2O2. The number of H-pyrrole nitrogens is 1. The first-order valence-electron chi connectivity index (χ1n) is 5.05. The number of hydrogen-bond donors (Lipinski definition) is 2. The normalized spacial score (nSPS) is 18.2. The van der Waals surface area contributed by atoms with Crippen LogP contribution in [0, 0.1) is 0 Å². The van der Waals surface area contributed by atoms with Crippen LogP contribution in [0.3, 0.4) is 0 Å². The van der Waals surface area contributed by atoms with Gasteiger partial charge in [0.05, 0.1) is 5.52 Å². The minimum atomic E-state index is -0.406. The predicted molar refractivity (Wildman–Crippen MR) is 56.7 cm³/mol. The number of aromatic amines is 1. The Bertz CT molecular complexity index is 563. The van der Waals surface area contributed by atoms with E-state index < -0.39 is 5.76 Å². The molecule has 1 aromatic heterocycles. The smallest absolute Gasteiger partial charge is 0.408 e. The van der Waals surface area contributed by atoms with Gasteiger partial charge in [-0.25, -0.2) is 4.79 Å². The van der Waals surface area contributed by atoms with Crippen LogP contribution in [-0.4, -0.2) is 10.5 Å². The Balaban J connectivity index is 2.01. The molecule has 2 aromatic rings. The van der Waals surface area contributed by atoms with E-state index in [0.29, 0.717) is 5.58 Å². The number of aromatic nitrogens is 1. The van der Waals surface area contributed by atoms with E-state index in [0.717, 1.165) is 30.3 Å². The first kappa shape index (κ1) is 8.73. The van der Waals surface area contributed by atoms with Crippen molar-refractivity contribution < 1.29 is 4.42 Å². The standard InChI is InChI=1S/C11H12N2O2/c12-11(3-4-11)6-7-1-2-9-8(5-7)13-10(14)15-9/h1-2,5H,3-4,6,12H2,(H,13,14). The molecule has 0 spiro atoms. The average Bonchev–Trinajstić information content (AvgIpc) is 2.76. The number of hydrogen-bond acceptors (Lipinski definition) is 3. The Morgan fingerprint density at radius 2 is 2.27 bits per heavy atom. The number of nitrogens with two attached hydrogens (primary N) is 1. The van der Waals surface area contributed by atoms with E-state index in [-0.39, 0.29) is 5.54 Å². The van der Waals surface area contributed by atoms with Gasteiger partial charge in [-0.3, -0.25) is 4.98 Å². The lowest BCUT2D eigenvalue weighted by Crippen LogP contribution is -2.24. The second-order valence-electron chi connectivity index (χ2n) is 4.38. The molecule has 1 heterocycles. The van der Waals surface area contributed by atoms with E-state index in [1.807, 2.05) is 18.2 Å². The molecule has 15 heavy (non-hydrogen) atoms. The van der Waals surface area contributed by atoms with Gasteiger partial charge in [-0.1, -0.05) is 6.07 Å². The van der Waals surface area contributed by atoms with Crippen molar-refractivity contribution in [1.29, 1.82) is 0 Å². The van der Waals surface area contributed by atoms with Gasteiger partial charge in [0, 0.05) is 5.54 Å². The number of benzene rings is 1. The maximum atomic E-state index is 11.0. The third-order valence-corrected chi connectivity index (χ3v) is 2.93. The predicted octanol–water partition coefficient (Wildman–Crippen LogP) is 1.15. The summed E-state index contributed by atoms with van der Waals surface area (Å²) < 4.78 is 4.93. The molecule has 1 saturated carbocycles. The zero-order valence-corrected chi connectivity index (χ0v) is 8.25. The van der Waals surface area contributed by atoms with Crippen molar-refractivity contribution in [3.63, 3.8) is 0 Å². The van der Waals surface area contributed by atoms with Crippen LogP contribution < -0.4 is 11.5 Å². The zero-order chi connectivity index (χ0) is 10.5. The molecule has 1 aliphatic carbocycles. The Morgan fingerprint density at radius 3 is 3.00 bits per heavy atom. The molecule has 0 unspecified atom stereocenters. The Labute approximate surface area is 86.1 Å². The maximum Gasteiger partial charge on any atom is 0.417 e. The quantitative estimate of drug-likeness (QED) is 0.770. The Kier molecular flexibility index (Phi) is 1.59. The maximum absolute atomic E-state index is 11.0. The van der Waals surface area contributed by atoms with Crippen molar-refractivity contribution in [2.75, 3.05) is 0 Å². The molecule has 0 radical (unpaired) electrons. The summed E-state index contributed by atoms with van der Waals surface area (Å²) in [5.74, 6) is -0.406. The van der Waals surface area contributed by atoms with Crippen LogP contribution in [0.5, 0.6) is 0 Å². The Hall–Kier alpha value is -1.55. The summed E-state index contributed by atoms with van der Waals surface area (Å²) in [6, 6.07) is 5.72. The molecule has 0 atom stereocenters. The van der Waals surface area contributed by atoms with Crippen LogP contribution in [0.1, 0.15) is 18.4 Å². The molecule has 0 bridgehead atoms. The highest BCUT2D eigenvalue weighted by Crippen LogP contribution is 2.35. The summed E-state index contributed by atoms with van der Waals surface area (Å²) in [5, 5.41) is 0. The van der Waals surface area contributed by atoms with Crippen LogP contribution in [0.25, 0.3) is 11.1 Å². The molecule has 0 amide bonds. The van der Waals surface area contributed by atoms with Crippen LogP contribution in [0.15, 0.2) is 27.4 Å². The molecule has 0 aliphatic heterocycles. The van der Waals surface area contributed by atoms with E-state index in [9.17, 15) is 4.79 Å². The SMILES string of the molecule is NC1(Cc2ccc3oc(=O)[nH]c3c2)CC1. The highest BCUT2D eigenvalue weighted by Gasteiger charge is 2.37. The summed E-state index contributed by atoms with van der Waals surface area (Å²) >= 11 is 0. The molecule has 3 N–H and O–H groups in total. The summed E-state index contributed by atoms with van der Waals surface area (Å²) in [6.07, 6.45) is 3.05. The topological polar surface area (TPSA) is 72.0 Å². The first-order chi connectivity index (χ1) is 7.15. The highest BCUT2D eigenvalue weighted by atomic mass is 16.4. The number of fused-ring (bicyclic) bond motifs is 1. The van der Waals surface area contributed by atoms with Crippen molar-refractivity contribution in [1.82, 2.24) is 4.98 Å². The summed E-state index contributed by atoms with van der Waals surface area (Å²) in [7, 11) is 0. The summed E-state index contributed by atoms with van der Waals surface area (Å²) in [4.78, 5) is 13.6. The molecule has 1 aromatic carbocycles. The molecule has 78 valence electrons. The van der Waals surface area contributed by atoms with Gasteiger partial charge in [0.1, 0.15) is 0 Å². The van der Waals surface area contributed by atoms with E-state index in [4.69, 9.17) is 10.2 Å². The largest absolute Gasteiger partial charge is 0.417 e. The van der Waals surface area contributed by atoms with E-state index in [1.165, 1.54) is 0 Å². The molecule has 1 aliphatic rings. The summed E-state index contributed by atoms with van der Waals surface area (Å²) in [6.45, 7) is 0. The number of nitrogens with one attached hydrogen (secondary N) is 1. The molecule has 3 rings (SSSR count). The zero-order valence-electron chi connectivity index (χ0n) is 8.25. The van der Waals surface area contributed by atoms with Crippen molar-refractivity contribution in [3.8, 4) is 0 Å². The van der Waals surface area contributed by atoms with Crippen LogP contribution >= 0.6 is 0 Å². The van der Waals surface area contributed by atoms with E-state index in [1.54, 1.807) is 0 Å². The third-order valence-electron chi connectivity index (χ3n) is 2.93. The third kappa shape index (κ3) is 1.57. The van der Waals surface area contributed by atoms with E-state index in [2.05, 4.69) is 4.98 Å². The minimum absolute atomic E-state index is 0.00227. The second kappa shape index (κ2) is 2.73. The molecule has 4 heteroatoms. The van der Waals surface area contributed by atoms with Crippen molar-refractivity contribution >= 4 is 11.1 Å². The fourth-order valence-corrected chi connectivity index (χ4v) is 1.85. The van der Waals surface area contributed by atoms with Gasteiger partial charge in [-0.15, -0.1) is 0 Å². The lowest BCUT2D eigenvalue weighted by Gasteiger charge is -2.07. The fraction of sp³-hybridized carbons (Fsp3) is 0.364. The Morgan fingerprint density at radius 1 is 1.47 bits per heavy atom. The summed E-state index contributed by atoms with van der Waals surface area (Å²) in [5.41, 5.74) is 8.54. The van der Waals surface area contributed by atoms with Gasteiger partial charge in [-0.05, 0) is 37.0 Å². The molecular weight excluding hydrogens is 192 g/mol. The van der Waals surface area contributed by atoms with Crippen LogP contribution in [0.4, 0.5) is 0 Å². The van der Waals surface area contributed by atoms with Gasteiger partial charge >= 0.3 is 5.76 Å². The highest BCUT2D eigenvalue weighted by molar-refractivity contribution is 5.72. The van der Waals surface area contributed by atoms with Crippen LogP contribution in [0.2, 0.25) is 0 Å². The van der Waals surface area contributed by atoms with Gasteiger partial charge in [0.25, 0.3) is 0 Å². The van der Waals surface area contributed by atoms with Gasteiger partial charge in [0.15, 0.2) is 5.58 Å².